The quantitative estimate of drug-likeness (QED) is 0.0414. The molecular weight excluding hydrogens is 853 g/mol. The fourth-order valence-corrected chi connectivity index (χ4v) is 7.08. The lowest BCUT2D eigenvalue weighted by molar-refractivity contribution is -0.135. The summed E-state index contributed by atoms with van der Waals surface area (Å²) in [5.74, 6) is -4.86. The Morgan fingerprint density at radius 1 is 0.477 bits per heavy atom. The molecule has 8 amide bonds. The number of unbranched alkanes of at least 4 members (excludes halogenated alkanes) is 1. The third-order valence-electron chi connectivity index (χ3n) is 10.3. The number of amides is 8. The van der Waals surface area contributed by atoms with Crippen LogP contribution in [-0.4, -0.2) is 115 Å². The van der Waals surface area contributed by atoms with Gasteiger partial charge in [0.1, 0.15) is 42.3 Å². The van der Waals surface area contributed by atoms with E-state index in [1.807, 2.05) is 6.26 Å². The number of carbonyl (C=O) groups is 8. The Kier molecular flexibility index (Phi) is 23.2. The highest BCUT2D eigenvalue weighted by molar-refractivity contribution is 7.98. The molecule has 19 heteroatoms. The number of hydrogen-bond acceptors (Lipinski definition) is 11. The monoisotopic (exact) mass is 916 g/mol. The van der Waals surface area contributed by atoms with Crippen LogP contribution in [0.3, 0.4) is 0 Å². The first-order valence-corrected chi connectivity index (χ1v) is 23.0. The van der Waals surface area contributed by atoms with E-state index in [2.05, 4.69) is 37.2 Å². The SMILES string of the molecule is CSCC[C@H](NC(=O)CN)C(=O)N[C@@H](C)C(=O)N[C@H](Cc1ccccc1)C(=O)N[C@@H](C)C(=O)N[C@@H](Cc1ccccc1)C(=O)N[C@H](Cc1ccccc1)C(=O)N[C@@H](CCCCN)C(N)=O. The van der Waals surface area contributed by atoms with Crippen LogP contribution < -0.4 is 54.4 Å². The molecule has 3 aromatic rings. The molecule has 0 aliphatic rings. The molecule has 0 fully saturated rings. The molecule has 0 radical (unpaired) electrons. The van der Waals surface area contributed by atoms with Gasteiger partial charge in [0.05, 0.1) is 6.54 Å². The molecule has 0 heterocycles. The Morgan fingerprint density at radius 2 is 0.846 bits per heavy atom. The Morgan fingerprint density at radius 3 is 1.22 bits per heavy atom. The molecular formula is C46H64N10O8S. The molecule has 13 N–H and O–H groups in total. The lowest BCUT2D eigenvalue weighted by atomic mass is 10.0. The van der Waals surface area contributed by atoms with Gasteiger partial charge in [-0.05, 0) is 74.8 Å². The molecule has 0 aliphatic heterocycles. The first-order valence-electron chi connectivity index (χ1n) is 21.6. The van der Waals surface area contributed by atoms with E-state index >= 15 is 0 Å². The van der Waals surface area contributed by atoms with E-state index in [9.17, 15) is 38.4 Å². The lowest BCUT2D eigenvalue weighted by Gasteiger charge is -2.27. The molecule has 18 nitrogen and oxygen atoms in total. The summed E-state index contributed by atoms with van der Waals surface area (Å²) in [6, 6.07) is 18.7. The molecule has 7 atom stereocenters. The number of nitrogens with two attached hydrogens (primary N) is 3. The summed E-state index contributed by atoms with van der Waals surface area (Å²) in [4.78, 5) is 107. The molecule has 0 saturated heterocycles. The topological polar surface area (TPSA) is 299 Å². The van der Waals surface area contributed by atoms with Crippen LogP contribution in [0.25, 0.3) is 0 Å². The lowest BCUT2D eigenvalue weighted by Crippen LogP contribution is -2.60. The maximum Gasteiger partial charge on any atom is 0.243 e. The predicted molar refractivity (Wildman–Crippen MR) is 249 cm³/mol. The number of hydrogen-bond donors (Lipinski definition) is 10. The normalized spacial score (nSPS) is 14.1. The van der Waals surface area contributed by atoms with Crippen LogP contribution in [-0.2, 0) is 57.6 Å². The molecule has 65 heavy (non-hydrogen) atoms. The largest absolute Gasteiger partial charge is 0.368 e. The van der Waals surface area contributed by atoms with E-state index in [0.717, 1.165) is 0 Å². The highest BCUT2D eigenvalue weighted by Crippen LogP contribution is 2.10. The van der Waals surface area contributed by atoms with Crippen LogP contribution in [0.15, 0.2) is 91.0 Å². The second kappa shape index (κ2) is 28.5. The number of primary amides is 1. The van der Waals surface area contributed by atoms with Gasteiger partial charge in [-0.3, -0.25) is 38.4 Å². The third kappa shape index (κ3) is 19.1. The maximum atomic E-state index is 14.2. The number of carbonyl (C=O) groups excluding carboxylic acids is 8. The van der Waals surface area contributed by atoms with Crippen molar-refractivity contribution in [3.05, 3.63) is 108 Å². The zero-order valence-electron chi connectivity index (χ0n) is 37.2. The number of nitrogens with one attached hydrogen (secondary N) is 7. The summed E-state index contributed by atoms with van der Waals surface area (Å²) in [5.41, 5.74) is 18.8. The van der Waals surface area contributed by atoms with Crippen molar-refractivity contribution < 1.29 is 38.4 Å². The van der Waals surface area contributed by atoms with Crippen molar-refractivity contribution in [1.29, 1.82) is 0 Å². The molecule has 0 aromatic heterocycles. The highest BCUT2D eigenvalue weighted by Gasteiger charge is 2.32. The van der Waals surface area contributed by atoms with Crippen LogP contribution in [0.1, 0.15) is 56.2 Å². The summed E-state index contributed by atoms with van der Waals surface area (Å²) in [6.45, 7) is 2.92. The summed E-state index contributed by atoms with van der Waals surface area (Å²) < 4.78 is 0. The second-order valence-corrected chi connectivity index (χ2v) is 16.6. The van der Waals surface area contributed by atoms with Crippen molar-refractivity contribution in [3.8, 4) is 0 Å². The number of rotatable bonds is 28. The van der Waals surface area contributed by atoms with Gasteiger partial charge in [0, 0.05) is 19.3 Å². The van der Waals surface area contributed by atoms with E-state index in [1.165, 1.54) is 25.6 Å². The van der Waals surface area contributed by atoms with E-state index in [4.69, 9.17) is 17.2 Å². The van der Waals surface area contributed by atoms with Gasteiger partial charge in [-0.2, -0.15) is 11.8 Å². The van der Waals surface area contributed by atoms with Crippen LogP contribution in [0.4, 0.5) is 0 Å². The summed E-state index contributed by atoms with van der Waals surface area (Å²) in [5, 5.41) is 18.7. The molecule has 0 bridgehead atoms. The van der Waals surface area contributed by atoms with Crippen LogP contribution in [0, 0.1) is 0 Å². The number of benzene rings is 3. The Hall–Kier alpha value is -6.31. The van der Waals surface area contributed by atoms with E-state index < -0.39 is 89.6 Å². The number of thioether (sulfide) groups is 1. The van der Waals surface area contributed by atoms with Crippen molar-refractivity contribution in [1.82, 2.24) is 37.2 Å². The van der Waals surface area contributed by atoms with Crippen molar-refractivity contribution >= 4 is 59.0 Å². The molecule has 3 rings (SSSR count). The second-order valence-electron chi connectivity index (χ2n) is 15.6. The molecule has 352 valence electrons. The smallest absolute Gasteiger partial charge is 0.243 e. The van der Waals surface area contributed by atoms with Crippen molar-refractivity contribution in [3.63, 3.8) is 0 Å². The Labute approximate surface area is 384 Å². The van der Waals surface area contributed by atoms with Gasteiger partial charge in [0.25, 0.3) is 0 Å². The molecule has 0 aliphatic carbocycles. The highest BCUT2D eigenvalue weighted by atomic mass is 32.2. The van der Waals surface area contributed by atoms with Crippen molar-refractivity contribution in [2.24, 2.45) is 17.2 Å². The first kappa shape index (κ1) is 53.0. The molecule has 0 unspecified atom stereocenters. The molecule has 0 saturated carbocycles. The Balaban J connectivity index is 1.82. The van der Waals surface area contributed by atoms with Gasteiger partial charge in [0.15, 0.2) is 0 Å². The van der Waals surface area contributed by atoms with Crippen LogP contribution in [0.5, 0.6) is 0 Å². The third-order valence-corrected chi connectivity index (χ3v) is 10.9. The van der Waals surface area contributed by atoms with Crippen LogP contribution >= 0.6 is 11.8 Å². The van der Waals surface area contributed by atoms with E-state index in [1.54, 1.807) is 91.0 Å². The molecule has 3 aromatic carbocycles. The fourth-order valence-electron chi connectivity index (χ4n) is 6.61. The van der Waals surface area contributed by atoms with Crippen LogP contribution in [0.2, 0.25) is 0 Å². The van der Waals surface area contributed by atoms with E-state index in [0.29, 0.717) is 41.8 Å². The minimum Gasteiger partial charge on any atom is -0.368 e. The standard InChI is InChI=1S/C46H64N10O8S/c1-29(50-43(61)35(22-24-65-3)52-39(57)28-48)41(59)54-36(25-31-15-7-4-8-16-31)44(62)51-30(2)42(60)55-37(26-32-17-9-5-10-18-32)46(64)56-38(27-33-19-11-6-12-20-33)45(63)53-34(40(49)58)21-13-14-23-47/h4-12,15-20,29-30,34-38H,13-14,21-28,47-48H2,1-3H3,(H2,49,58)(H,50,61)(H,51,62)(H,52,57)(H,53,63)(H,54,59)(H,55,60)(H,56,64)/t29-,30-,34-,35-,36+,37-,38+/m0/s1. The zero-order chi connectivity index (χ0) is 47.7. The van der Waals surface area contributed by atoms with Gasteiger partial charge in [0.2, 0.25) is 47.3 Å². The van der Waals surface area contributed by atoms with E-state index in [-0.39, 0.29) is 38.6 Å². The van der Waals surface area contributed by atoms with Gasteiger partial charge in [-0.25, -0.2) is 0 Å². The van der Waals surface area contributed by atoms with Crippen molar-refractivity contribution in [2.75, 3.05) is 25.1 Å². The maximum absolute atomic E-state index is 14.2. The first-order chi connectivity index (χ1) is 31.1. The van der Waals surface area contributed by atoms with Gasteiger partial charge in [-0.1, -0.05) is 91.0 Å². The van der Waals surface area contributed by atoms with Gasteiger partial charge < -0.3 is 54.4 Å². The van der Waals surface area contributed by atoms with Gasteiger partial charge in [-0.15, -0.1) is 0 Å². The minimum absolute atomic E-state index is 0.00605. The average molecular weight is 917 g/mol. The summed E-state index contributed by atoms with van der Waals surface area (Å²) in [7, 11) is 0. The zero-order valence-corrected chi connectivity index (χ0v) is 38.0. The summed E-state index contributed by atoms with van der Waals surface area (Å²) in [6.07, 6.45) is 3.61. The fraction of sp³-hybridized carbons (Fsp3) is 0.435. The average Bonchev–Trinajstić information content (AvgIpc) is 3.29. The van der Waals surface area contributed by atoms with Gasteiger partial charge >= 0.3 is 0 Å². The Bertz CT molecular complexity index is 2010. The van der Waals surface area contributed by atoms with Crippen molar-refractivity contribution in [2.45, 2.75) is 101 Å². The molecule has 0 spiro atoms. The minimum atomic E-state index is -1.24. The predicted octanol–water partition coefficient (Wildman–Crippen LogP) is -0.526. The summed E-state index contributed by atoms with van der Waals surface area (Å²) >= 11 is 1.47.